The van der Waals surface area contributed by atoms with Gasteiger partial charge in [-0.05, 0) is 26.0 Å². The summed E-state index contributed by atoms with van der Waals surface area (Å²) >= 11 is 0. The molecule has 0 aliphatic heterocycles. The molecule has 1 atom stereocenters. The second-order valence-corrected chi connectivity index (χ2v) is 3.28. The predicted octanol–water partition coefficient (Wildman–Crippen LogP) is 2.15. The van der Waals surface area contributed by atoms with Crippen LogP contribution >= 0.6 is 0 Å². The Bertz CT molecular complexity index is 276. The zero-order valence-corrected chi connectivity index (χ0v) is 9.08. The number of nitrogens with zero attached hydrogens (tertiary/aromatic N) is 1. The highest BCUT2D eigenvalue weighted by atomic mass is 16.5. The van der Waals surface area contributed by atoms with Crippen molar-refractivity contribution in [3.63, 3.8) is 0 Å². The second-order valence-electron chi connectivity index (χ2n) is 3.28. The highest BCUT2D eigenvalue weighted by Gasteiger charge is 2.10. The third-order valence-corrected chi connectivity index (χ3v) is 2.16. The minimum Gasteiger partial charge on any atom is -0.481 e. The van der Waals surface area contributed by atoms with E-state index in [2.05, 4.69) is 24.1 Å². The molecule has 0 saturated heterocycles. The molecule has 3 nitrogen and oxygen atoms in total. The summed E-state index contributed by atoms with van der Waals surface area (Å²) in [5.41, 5.74) is 1.11. The van der Waals surface area contributed by atoms with Gasteiger partial charge in [-0.25, -0.2) is 4.98 Å². The van der Waals surface area contributed by atoms with Crippen LogP contribution in [0.3, 0.4) is 0 Å². The number of aromatic nitrogens is 1. The Kier molecular flexibility index (Phi) is 4.40. The zero-order valence-electron chi connectivity index (χ0n) is 9.08. The number of rotatable bonds is 5. The van der Waals surface area contributed by atoms with Crippen LogP contribution in [0.4, 0.5) is 0 Å². The molecule has 1 unspecified atom stereocenters. The van der Waals surface area contributed by atoms with Gasteiger partial charge in [0.25, 0.3) is 0 Å². The summed E-state index contributed by atoms with van der Waals surface area (Å²) in [5, 5.41) is 3.40. The zero-order chi connectivity index (χ0) is 10.4. The third kappa shape index (κ3) is 2.70. The fraction of sp³-hybridized carbons (Fsp3) is 0.545. The maximum Gasteiger partial charge on any atom is 0.217 e. The van der Waals surface area contributed by atoms with E-state index in [9.17, 15) is 0 Å². The largest absolute Gasteiger partial charge is 0.481 e. The molecule has 1 aromatic rings. The number of pyridine rings is 1. The molecule has 0 aliphatic rings. The van der Waals surface area contributed by atoms with Crippen molar-refractivity contribution in [1.29, 1.82) is 0 Å². The van der Waals surface area contributed by atoms with Gasteiger partial charge in [0, 0.05) is 17.8 Å². The van der Waals surface area contributed by atoms with Crippen molar-refractivity contribution in [3.05, 3.63) is 23.9 Å². The standard InChI is InChI=1S/C11H18N2O/c1-4-7-12-9(2)10-6-5-8-13-11(10)14-3/h5-6,8-9,12H,4,7H2,1-3H3. The highest BCUT2D eigenvalue weighted by Crippen LogP contribution is 2.21. The van der Waals surface area contributed by atoms with Crippen LogP contribution in [-0.4, -0.2) is 18.6 Å². The first-order valence-electron chi connectivity index (χ1n) is 5.01. The topological polar surface area (TPSA) is 34.2 Å². The van der Waals surface area contributed by atoms with Crippen LogP contribution in [0.15, 0.2) is 18.3 Å². The summed E-state index contributed by atoms with van der Waals surface area (Å²) in [4.78, 5) is 4.16. The Balaban J connectivity index is 2.72. The molecule has 1 rings (SSSR count). The van der Waals surface area contributed by atoms with Crippen molar-refractivity contribution in [2.75, 3.05) is 13.7 Å². The van der Waals surface area contributed by atoms with E-state index in [0.717, 1.165) is 18.5 Å². The Morgan fingerprint density at radius 1 is 1.57 bits per heavy atom. The van der Waals surface area contributed by atoms with Crippen molar-refractivity contribution in [3.8, 4) is 5.88 Å². The first kappa shape index (κ1) is 11.0. The number of ether oxygens (including phenoxy) is 1. The molecule has 3 heteroatoms. The Morgan fingerprint density at radius 2 is 2.36 bits per heavy atom. The molecule has 1 N–H and O–H groups in total. The smallest absolute Gasteiger partial charge is 0.217 e. The van der Waals surface area contributed by atoms with Gasteiger partial charge in [-0.1, -0.05) is 13.0 Å². The van der Waals surface area contributed by atoms with Crippen molar-refractivity contribution in [2.24, 2.45) is 0 Å². The van der Waals surface area contributed by atoms with Crippen molar-refractivity contribution < 1.29 is 4.74 Å². The molecule has 0 spiro atoms. The van der Waals surface area contributed by atoms with Crippen LogP contribution < -0.4 is 10.1 Å². The fourth-order valence-electron chi connectivity index (χ4n) is 1.37. The van der Waals surface area contributed by atoms with E-state index < -0.39 is 0 Å². The molecular formula is C11H18N2O. The van der Waals surface area contributed by atoms with Crippen LogP contribution in [0.25, 0.3) is 0 Å². The first-order valence-corrected chi connectivity index (χ1v) is 5.01. The lowest BCUT2D eigenvalue weighted by Gasteiger charge is -2.15. The molecule has 0 saturated carbocycles. The van der Waals surface area contributed by atoms with Crippen molar-refractivity contribution >= 4 is 0 Å². The Morgan fingerprint density at radius 3 is 3.00 bits per heavy atom. The van der Waals surface area contributed by atoms with Crippen molar-refractivity contribution in [2.45, 2.75) is 26.3 Å². The fourth-order valence-corrected chi connectivity index (χ4v) is 1.37. The van der Waals surface area contributed by atoms with E-state index in [-0.39, 0.29) is 0 Å². The van der Waals surface area contributed by atoms with Gasteiger partial charge in [-0.2, -0.15) is 0 Å². The predicted molar refractivity (Wildman–Crippen MR) is 57.5 cm³/mol. The summed E-state index contributed by atoms with van der Waals surface area (Å²) in [6, 6.07) is 4.26. The molecule has 0 bridgehead atoms. The van der Waals surface area contributed by atoms with E-state index in [1.807, 2.05) is 12.1 Å². The van der Waals surface area contributed by atoms with E-state index in [0.29, 0.717) is 11.9 Å². The van der Waals surface area contributed by atoms with Gasteiger partial charge in [0.2, 0.25) is 5.88 Å². The van der Waals surface area contributed by atoms with Gasteiger partial charge in [-0.3, -0.25) is 0 Å². The Hall–Kier alpha value is -1.09. The molecule has 0 aliphatic carbocycles. The van der Waals surface area contributed by atoms with Crippen LogP contribution in [0.2, 0.25) is 0 Å². The molecule has 14 heavy (non-hydrogen) atoms. The average Bonchev–Trinajstić information content (AvgIpc) is 2.25. The number of methoxy groups -OCH3 is 1. The molecule has 0 aromatic carbocycles. The Labute approximate surface area is 85.5 Å². The highest BCUT2D eigenvalue weighted by molar-refractivity contribution is 5.28. The van der Waals surface area contributed by atoms with Crippen LogP contribution in [0, 0.1) is 0 Å². The summed E-state index contributed by atoms with van der Waals surface area (Å²) in [6.07, 6.45) is 2.88. The van der Waals surface area contributed by atoms with Gasteiger partial charge in [0.05, 0.1) is 7.11 Å². The van der Waals surface area contributed by atoms with Crippen LogP contribution in [0.1, 0.15) is 31.9 Å². The summed E-state index contributed by atoms with van der Waals surface area (Å²) in [5.74, 6) is 0.712. The lowest BCUT2D eigenvalue weighted by atomic mass is 10.1. The number of hydrogen-bond acceptors (Lipinski definition) is 3. The van der Waals surface area contributed by atoms with Gasteiger partial charge in [0.15, 0.2) is 0 Å². The minimum atomic E-state index is 0.290. The molecule has 1 heterocycles. The molecule has 1 aromatic heterocycles. The summed E-state index contributed by atoms with van der Waals surface area (Å²) in [6.45, 7) is 5.29. The lowest BCUT2D eigenvalue weighted by molar-refractivity contribution is 0.385. The maximum absolute atomic E-state index is 5.20. The SMILES string of the molecule is CCCNC(C)c1cccnc1OC. The van der Waals surface area contributed by atoms with E-state index in [4.69, 9.17) is 4.74 Å². The molecule has 0 fully saturated rings. The lowest BCUT2D eigenvalue weighted by Crippen LogP contribution is -2.20. The van der Waals surface area contributed by atoms with E-state index >= 15 is 0 Å². The average molecular weight is 194 g/mol. The monoisotopic (exact) mass is 194 g/mol. The van der Waals surface area contributed by atoms with Gasteiger partial charge >= 0.3 is 0 Å². The minimum absolute atomic E-state index is 0.290. The summed E-state index contributed by atoms with van der Waals surface area (Å²) in [7, 11) is 1.65. The maximum atomic E-state index is 5.20. The van der Waals surface area contributed by atoms with E-state index in [1.54, 1.807) is 13.3 Å². The normalized spacial score (nSPS) is 12.5. The quantitative estimate of drug-likeness (QED) is 0.780. The van der Waals surface area contributed by atoms with Gasteiger partial charge in [-0.15, -0.1) is 0 Å². The van der Waals surface area contributed by atoms with Crippen molar-refractivity contribution in [1.82, 2.24) is 10.3 Å². The number of hydrogen-bond donors (Lipinski definition) is 1. The molecule has 0 radical (unpaired) electrons. The van der Waals surface area contributed by atoms with Crippen LogP contribution in [-0.2, 0) is 0 Å². The van der Waals surface area contributed by atoms with E-state index in [1.165, 1.54) is 0 Å². The second kappa shape index (κ2) is 5.60. The third-order valence-electron chi connectivity index (χ3n) is 2.16. The molecule has 0 amide bonds. The van der Waals surface area contributed by atoms with Gasteiger partial charge < -0.3 is 10.1 Å². The molecular weight excluding hydrogens is 176 g/mol. The van der Waals surface area contributed by atoms with Crippen LogP contribution in [0.5, 0.6) is 5.88 Å². The summed E-state index contributed by atoms with van der Waals surface area (Å²) < 4.78 is 5.20. The first-order chi connectivity index (χ1) is 6.79. The van der Waals surface area contributed by atoms with Gasteiger partial charge in [0.1, 0.15) is 0 Å². The number of nitrogens with one attached hydrogen (secondary N) is 1. The molecule has 78 valence electrons.